The van der Waals surface area contributed by atoms with Crippen LogP contribution in [-0.4, -0.2) is 21.9 Å². The van der Waals surface area contributed by atoms with Crippen molar-refractivity contribution in [3.05, 3.63) is 72.4 Å². The summed E-state index contributed by atoms with van der Waals surface area (Å²) in [7, 11) is 0. The molecule has 0 aliphatic heterocycles. The smallest absolute Gasteiger partial charge is 0.319 e. The van der Waals surface area contributed by atoms with Gasteiger partial charge in [-0.25, -0.2) is 4.79 Å². The van der Waals surface area contributed by atoms with Crippen molar-refractivity contribution in [1.29, 1.82) is 0 Å². The highest BCUT2D eigenvalue weighted by atomic mass is 16.5. The number of furan rings is 1. The van der Waals surface area contributed by atoms with Gasteiger partial charge in [0.05, 0.1) is 19.4 Å². The summed E-state index contributed by atoms with van der Waals surface area (Å²) in [6.45, 7) is 3.39. The molecule has 7 nitrogen and oxygen atoms in total. The first-order valence-electron chi connectivity index (χ1n) is 8.43. The van der Waals surface area contributed by atoms with Gasteiger partial charge in [-0.2, -0.15) is 5.10 Å². The molecule has 2 heterocycles. The Balaban J connectivity index is 1.45. The summed E-state index contributed by atoms with van der Waals surface area (Å²) in [5.74, 6) is 0.782. The third-order valence-corrected chi connectivity index (χ3v) is 3.68. The largest absolute Gasteiger partial charge is 0.467 e. The number of ether oxygens (including phenoxy) is 1. The highest BCUT2D eigenvalue weighted by molar-refractivity contribution is 5.89. The normalized spacial score (nSPS) is 11.9. The molecule has 0 aliphatic carbocycles. The molecule has 1 aromatic carbocycles. The van der Waals surface area contributed by atoms with E-state index in [4.69, 9.17) is 9.15 Å². The van der Waals surface area contributed by atoms with E-state index in [0.717, 1.165) is 11.3 Å². The van der Waals surface area contributed by atoms with Crippen LogP contribution in [0.2, 0.25) is 0 Å². The van der Waals surface area contributed by atoms with Crippen LogP contribution in [0.5, 0.6) is 0 Å². The minimum absolute atomic E-state index is 0.0466. The van der Waals surface area contributed by atoms with Gasteiger partial charge >= 0.3 is 6.03 Å². The van der Waals surface area contributed by atoms with Crippen LogP contribution < -0.4 is 10.6 Å². The lowest BCUT2D eigenvalue weighted by Gasteiger charge is -2.15. The first-order valence-corrected chi connectivity index (χ1v) is 8.43. The summed E-state index contributed by atoms with van der Waals surface area (Å²) in [5, 5.41) is 9.87. The fraction of sp³-hybridized carbons (Fsp3) is 0.263. The molecule has 3 rings (SSSR count). The number of rotatable bonds is 8. The highest BCUT2D eigenvalue weighted by Gasteiger charge is 2.08. The Hall–Kier alpha value is -3.06. The standard InChI is InChI=1S/C19H22N4O3/c1-15(12-23-9-4-8-20-23)21-19(24)22-17-6-2-5-16(11-17)13-25-14-18-7-3-10-26-18/h2-11,15H,12-14H2,1H3,(H2,21,22,24). The number of nitrogens with zero attached hydrogens (tertiary/aromatic N) is 2. The van der Waals surface area contributed by atoms with Crippen LogP contribution >= 0.6 is 0 Å². The summed E-state index contributed by atoms with van der Waals surface area (Å²) >= 11 is 0. The molecule has 0 fully saturated rings. The molecule has 136 valence electrons. The number of aromatic nitrogens is 2. The van der Waals surface area contributed by atoms with E-state index in [0.29, 0.717) is 25.4 Å². The molecule has 0 saturated carbocycles. The van der Waals surface area contributed by atoms with Crippen molar-refractivity contribution in [1.82, 2.24) is 15.1 Å². The Kier molecular flexibility index (Phi) is 6.05. The third kappa shape index (κ3) is 5.49. The minimum Gasteiger partial charge on any atom is -0.467 e. The van der Waals surface area contributed by atoms with Crippen molar-refractivity contribution in [3.63, 3.8) is 0 Å². The zero-order valence-electron chi connectivity index (χ0n) is 14.6. The van der Waals surface area contributed by atoms with Gasteiger partial charge in [-0.05, 0) is 42.8 Å². The molecule has 2 amide bonds. The van der Waals surface area contributed by atoms with Crippen molar-refractivity contribution < 1.29 is 13.9 Å². The predicted molar refractivity (Wildman–Crippen MR) is 97.5 cm³/mol. The Bertz CT molecular complexity index is 800. The molecule has 2 aromatic heterocycles. The molecule has 0 saturated heterocycles. The maximum Gasteiger partial charge on any atom is 0.319 e. The number of hydrogen-bond donors (Lipinski definition) is 2. The molecule has 0 aliphatic rings. The number of carbonyl (C=O) groups is 1. The van der Waals surface area contributed by atoms with Crippen molar-refractivity contribution in [2.75, 3.05) is 5.32 Å². The number of benzene rings is 1. The van der Waals surface area contributed by atoms with E-state index < -0.39 is 0 Å². The van der Waals surface area contributed by atoms with Gasteiger partial charge in [0.25, 0.3) is 0 Å². The number of urea groups is 1. The summed E-state index contributed by atoms with van der Waals surface area (Å²) in [6.07, 6.45) is 5.20. The topological polar surface area (TPSA) is 81.3 Å². The third-order valence-electron chi connectivity index (χ3n) is 3.68. The van der Waals surface area contributed by atoms with Crippen LogP contribution in [0.4, 0.5) is 10.5 Å². The van der Waals surface area contributed by atoms with E-state index in [2.05, 4.69) is 15.7 Å². The lowest BCUT2D eigenvalue weighted by molar-refractivity contribution is 0.0930. The van der Waals surface area contributed by atoms with E-state index in [9.17, 15) is 4.79 Å². The monoisotopic (exact) mass is 354 g/mol. The van der Waals surface area contributed by atoms with Gasteiger partial charge in [-0.15, -0.1) is 0 Å². The molecule has 0 radical (unpaired) electrons. The van der Waals surface area contributed by atoms with Crippen molar-refractivity contribution in [3.8, 4) is 0 Å². The SMILES string of the molecule is CC(Cn1cccn1)NC(=O)Nc1cccc(COCc2ccco2)c1. The van der Waals surface area contributed by atoms with Crippen molar-refractivity contribution in [2.45, 2.75) is 32.7 Å². The van der Waals surface area contributed by atoms with E-state index in [1.807, 2.05) is 55.6 Å². The molecule has 1 unspecified atom stereocenters. The van der Waals surface area contributed by atoms with Crippen molar-refractivity contribution in [2.24, 2.45) is 0 Å². The Morgan fingerprint density at radius 3 is 2.96 bits per heavy atom. The summed E-state index contributed by atoms with van der Waals surface area (Å²) in [6, 6.07) is 12.8. The fourth-order valence-electron chi connectivity index (χ4n) is 2.53. The second-order valence-electron chi connectivity index (χ2n) is 6.00. The maximum atomic E-state index is 12.1. The van der Waals surface area contributed by atoms with Crippen LogP contribution in [0.15, 0.2) is 65.5 Å². The average Bonchev–Trinajstić information content (AvgIpc) is 3.29. The second kappa shape index (κ2) is 8.87. The first-order chi connectivity index (χ1) is 12.7. The van der Waals surface area contributed by atoms with Gasteiger partial charge in [0.2, 0.25) is 0 Å². The number of anilines is 1. The molecule has 0 spiro atoms. The zero-order valence-corrected chi connectivity index (χ0v) is 14.6. The number of amides is 2. The molecule has 0 bridgehead atoms. The lowest BCUT2D eigenvalue weighted by atomic mass is 10.2. The molecular formula is C19H22N4O3. The van der Waals surface area contributed by atoms with Gasteiger partial charge in [-0.3, -0.25) is 4.68 Å². The van der Waals surface area contributed by atoms with Gasteiger partial charge in [-0.1, -0.05) is 12.1 Å². The Morgan fingerprint density at radius 2 is 2.19 bits per heavy atom. The van der Waals surface area contributed by atoms with E-state index in [1.165, 1.54) is 0 Å². The molecule has 26 heavy (non-hydrogen) atoms. The van der Waals surface area contributed by atoms with E-state index in [1.54, 1.807) is 17.1 Å². The van der Waals surface area contributed by atoms with Crippen LogP contribution in [0.3, 0.4) is 0 Å². The van der Waals surface area contributed by atoms with Gasteiger partial charge in [0, 0.05) is 24.1 Å². The number of nitrogens with one attached hydrogen (secondary N) is 2. The van der Waals surface area contributed by atoms with Crippen LogP contribution in [0.1, 0.15) is 18.2 Å². The number of carbonyl (C=O) groups excluding carboxylic acids is 1. The van der Waals surface area contributed by atoms with Gasteiger partial charge in [0.1, 0.15) is 12.4 Å². The molecule has 1 atom stereocenters. The maximum absolute atomic E-state index is 12.1. The quantitative estimate of drug-likeness (QED) is 0.650. The molecule has 3 aromatic rings. The Labute approximate surface area is 152 Å². The Morgan fingerprint density at radius 1 is 1.27 bits per heavy atom. The van der Waals surface area contributed by atoms with E-state index in [-0.39, 0.29) is 12.1 Å². The summed E-state index contributed by atoms with van der Waals surface area (Å²) in [4.78, 5) is 12.1. The average molecular weight is 354 g/mol. The summed E-state index contributed by atoms with van der Waals surface area (Å²) < 4.78 is 12.6. The van der Waals surface area contributed by atoms with Gasteiger partial charge < -0.3 is 19.8 Å². The van der Waals surface area contributed by atoms with Crippen molar-refractivity contribution >= 4 is 11.7 Å². The number of hydrogen-bond acceptors (Lipinski definition) is 4. The highest BCUT2D eigenvalue weighted by Crippen LogP contribution is 2.13. The zero-order chi connectivity index (χ0) is 18.2. The predicted octanol–water partition coefficient (Wildman–Crippen LogP) is 3.40. The van der Waals surface area contributed by atoms with Crippen LogP contribution in [0.25, 0.3) is 0 Å². The van der Waals surface area contributed by atoms with Gasteiger partial charge in [0.15, 0.2) is 0 Å². The molecule has 7 heteroatoms. The molecule has 2 N–H and O–H groups in total. The second-order valence-corrected chi connectivity index (χ2v) is 6.00. The lowest BCUT2D eigenvalue weighted by Crippen LogP contribution is -2.38. The molecular weight excluding hydrogens is 332 g/mol. The van der Waals surface area contributed by atoms with Crippen LogP contribution in [-0.2, 0) is 24.5 Å². The first kappa shape index (κ1) is 17.8. The minimum atomic E-state index is -0.252. The summed E-state index contributed by atoms with van der Waals surface area (Å²) in [5.41, 5.74) is 1.69. The van der Waals surface area contributed by atoms with Crippen LogP contribution in [0, 0.1) is 0 Å². The van der Waals surface area contributed by atoms with E-state index >= 15 is 0 Å². The fourth-order valence-corrected chi connectivity index (χ4v) is 2.53.